The number of hydrogen-bond donors (Lipinski definition) is 4. The first-order valence-electron chi connectivity index (χ1n) is 3.56. The lowest BCUT2D eigenvalue weighted by Crippen LogP contribution is -2.54. The summed E-state index contributed by atoms with van der Waals surface area (Å²) in [6, 6.07) is 0. The fraction of sp³-hybridized carbons (Fsp3) is 0.857. The molecule has 0 saturated carbocycles. The number of aldehydes is 1. The number of carbonyl (C=O) groups excluding carboxylic acids is 1. The van der Waals surface area contributed by atoms with Crippen molar-refractivity contribution in [2.45, 2.75) is 37.8 Å². The van der Waals surface area contributed by atoms with Crippen LogP contribution >= 0.6 is 0 Å². The van der Waals surface area contributed by atoms with Crippen molar-refractivity contribution in [3.8, 4) is 0 Å². The SMILES string of the molecule is C[C@@H](O)[C@@H](O)[C@](C)(O)[C@H](O)C=O. The molecule has 0 aliphatic carbocycles. The first-order chi connectivity index (χ1) is 5.34. The lowest BCUT2D eigenvalue weighted by Gasteiger charge is -2.32. The smallest absolute Gasteiger partial charge is 0.151 e. The molecular formula is C7H14O5. The molecule has 0 rings (SSSR count). The Hall–Kier alpha value is -0.490. The third kappa shape index (κ3) is 2.25. The van der Waals surface area contributed by atoms with E-state index in [1.165, 1.54) is 6.92 Å². The Kier molecular flexibility index (Phi) is 3.79. The van der Waals surface area contributed by atoms with Gasteiger partial charge in [0.1, 0.15) is 17.8 Å². The lowest BCUT2D eigenvalue weighted by atomic mass is 9.90. The molecule has 0 heterocycles. The molecule has 0 aliphatic heterocycles. The Morgan fingerprint density at radius 2 is 1.75 bits per heavy atom. The van der Waals surface area contributed by atoms with Crippen LogP contribution in [0.5, 0.6) is 0 Å². The number of aliphatic hydroxyl groups is 4. The highest BCUT2D eigenvalue weighted by Crippen LogP contribution is 2.16. The van der Waals surface area contributed by atoms with Crippen LogP contribution in [-0.4, -0.2) is 50.6 Å². The molecule has 0 bridgehead atoms. The zero-order valence-electron chi connectivity index (χ0n) is 7.01. The van der Waals surface area contributed by atoms with Crippen LogP contribution in [0.2, 0.25) is 0 Å². The number of hydrogen-bond acceptors (Lipinski definition) is 5. The monoisotopic (exact) mass is 178 g/mol. The molecule has 4 N–H and O–H groups in total. The maximum Gasteiger partial charge on any atom is 0.151 e. The summed E-state index contributed by atoms with van der Waals surface area (Å²) in [5.41, 5.74) is -2.02. The van der Waals surface area contributed by atoms with Gasteiger partial charge in [-0.25, -0.2) is 0 Å². The highest BCUT2D eigenvalue weighted by atomic mass is 16.4. The van der Waals surface area contributed by atoms with Gasteiger partial charge in [0.25, 0.3) is 0 Å². The van der Waals surface area contributed by atoms with Gasteiger partial charge in [0, 0.05) is 0 Å². The van der Waals surface area contributed by atoms with Crippen molar-refractivity contribution in [1.29, 1.82) is 0 Å². The third-order valence-corrected chi connectivity index (χ3v) is 1.78. The normalized spacial score (nSPS) is 23.8. The van der Waals surface area contributed by atoms with Crippen LogP contribution < -0.4 is 0 Å². The van der Waals surface area contributed by atoms with Crippen LogP contribution in [0.1, 0.15) is 13.8 Å². The molecule has 5 nitrogen and oxygen atoms in total. The van der Waals surface area contributed by atoms with E-state index in [0.717, 1.165) is 6.92 Å². The average molecular weight is 178 g/mol. The molecule has 0 aromatic rings. The zero-order valence-corrected chi connectivity index (χ0v) is 7.01. The molecule has 72 valence electrons. The van der Waals surface area contributed by atoms with Gasteiger partial charge >= 0.3 is 0 Å². The molecule has 0 aromatic heterocycles. The molecule has 12 heavy (non-hydrogen) atoms. The van der Waals surface area contributed by atoms with E-state index in [4.69, 9.17) is 15.3 Å². The predicted octanol–water partition coefficient (Wildman–Crippen LogP) is -1.96. The third-order valence-electron chi connectivity index (χ3n) is 1.78. The number of carbonyl (C=O) groups is 1. The van der Waals surface area contributed by atoms with E-state index in [9.17, 15) is 9.90 Å². The van der Waals surface area contributed by atoms with Crippen molar-refractivity contribution >= 4 is 6.29 Å². The minimum Gasteiger partial charge on any atom is -0.391 e. The van der Waals surface area contributed by atoms with Crippen LogP contribution in [0, 0.1) is 0 Å². The second-order valence-electron chi connectivity index (χ2n) is 2.99. The highest BCUT2D eigenvalue weighted by molar-refractivity contribution is 5.58. The van der Waals surface area contributed by atoms with Crippen LogP contribution in [-0.2, 0) is 4.79 Å². The van der Waals surface area contributed by atoms with E-state index in [-0.39, 0.29) is 6.29 Å². The second kappa shape index (κ2) is 3.95. The molecule has 0 aromatic carbocycles. The van der Waals surface area contributed by atoms with Gasteiger partial charge in [-0.2, -0.15) is 0 Å². The maximum atomic E-state index is 10.1. The molecule has 5 heteroatoms. The Balaban J connectivity index is 4.47. The summed E-state index contributed by atoms with van der Waals surface area (Å²) in [4.78, 5) is 10.1. The molecular weight excluding hydrogens is 164 g/mol. The second-order valence-corrected chi connectivity index (χ2v) is 2.99. The van der Waals surface area contributed by atoms with E-state index in [1.54, 1.807) is 0 Å². The van der Waals surface area contributed by atoms with Gasteiger partial charge < -0.3 is 25.2 Å². The minimum absolute atomic E-state index is 0.103. The molecule has 4 atom stereocenters. The van der Waals surface area contributed by atoms with Crippen LogP contribution in [0.3, 0.4) is 0 Å². The average Bonchev–Trinajstić information content (AvgIpc) is 2.01. The summed E-state index contributed by atoms with van der Waals surface area (Å²) < 4.78 is 0. The van der Waals surface area contributed by atoms with Crippen LogP contribution in [0.25, 0.3) is 0 Å². The van der Waals surface area contributed by atoms with Gasteiger partial charge in [0.05, 0.1) is 6.10 Å². The van der Waals surface area contributed by atoms with Crippen molar-refractivity contribution < 1.29 is 25.2 Å². The summed E-state index contributed by atoms with van der Waals surface area (Å²) in [5.74, 6) is 0. The standard InChI is InChI=1S/C7H14O5/c1-4(9)6(11)7(2,12)5(10)3-8/h3-6,9-12H,1-2H3/t4-,5-,6-,7-/m1/s1. The molecule has 0 fully saturated rings. The minimum atomic E-state index is -2.02. The van der Waals surface area contributed by atoms with E-state index >= 15 is 0 Å². The fourth-order valence-corrected chi connectivity index (χ4v) is 0.801. The first kappa shape index (κ1) is 11.5. The molecule has 0 saturated heterocycles. The Bertz CT molecular complexity index is 154. The molecule has 0 unspecified atom stereocenters. The summed E-state index contributed by atoms with van der Waals surface area (Å²) >= 11 is 0. The topological polar surface area (TPSA) is 98.0 Å². The van der Waals surface area contributed by atoms with E-state index < -0.39 is 23.9 Å². The van der Waals surface area contributed by atoms with Gasteiger partial charge in [0.2, 0.25) is 0 Å². The Labute approximate surface area is 70.3 Å². The van der Waals surface area contributed by atoms with Gasteiger partial charge in [-0.15, -0.1) is 0 Å². The number of aliphatic hydroxyl groups excluding tert-OH is 3. The first-order valence-corrected chi connectivity index (χ1v) is 3.56. The van der Waals surface area contributed by atoms with Crippen LogP contribution in [0.4, 0.5) is 0 Å². The lowest BCUT2D eigenvalue weighted by molar-refractivity contribution is -0.166. The fourth-order valence-electron chi connectivity index (χ4n) is 0.801. The van der Waals surface area contributed by atoms with Gasteiger partial charge in [-0.1, -0.05) is 0 Å². The molecule has 0 radical (unpaired) electrons. The summed E-state index contributed by atoms with van der Waals surface area (Å²) in [5, 5.41) is 36.2. The van der Waals surface area contributed by atoms with E-state index in [0.29, 0.717) is 0 Å². The van der Waals surface area contributed by atoms with Gasteiger partial charge in [-0.05, 0) is 13.8 Å². The van der Waals surface area contributed by atoms with Crippen molar-refractivity contribution in [3.05, 3.63) is 0 Å². The van der Waals surface area contributed by atoms with Crippen molar-refractivity contribution in [3.63, 3.8) is 0 Å². The Morgan fingerprint density at radius 1 is 1.33 bits per heavy atom. The van der Waals surface area contributed by atoms with Crippen molar-refractivity contribution in [2.75, 3.05) is 0 Å². The molecule has 0 aliphatic rings. The predicted molar refractivity (Wildman–Crippen MR) is 40.4 cm³/mol. The summed E-state index contributed by atoms with van der Waals surface area (Å²) in [7, 11) is 0. The van der Waals surface area contributed by atoms with E-state index in [1.807, 2.05) is 0 Å². The highest BCUT2D eigenvalue weighted by Gasteiger charge is 2.40. The van der Waals surface area contributed by atoms with Gasteiger partial charge in [-0.3, -0.25) is 0 Å². The zero-order chi connectivity index (χ0) is 9.94. The van der Waals surface area contributed by atoms with Crippen molar-refractivity contribution in [1.82, 2.24) is 0 Å². The van der Waals surface area contributed by atoms with Crippen LogP contribution in [0.15, 0.2) is 0 Å². The van der Waals surface area contributed by atoms with E-state index in [2.05, 4.69) is 0 Å². The van der Waals surface area contributed by atoms with Gasteiger partial charge in [0.15, 0.2) is 6.29 Å². The molecule has 0 spiro atoms. The summed E-state index contributed by atoms with van der Waals surface area (Å²) in [6.07, 6.45) is -4.37. The van der Waals surface area contributed by atoms with Crippen molar-refractivity contribution in [2.24, 2.45) is 0 Å². The quantitative estimate of drug-likeness (QED) is 0.375. The summed E-state index contributed by atoms with van der Waals surface area (Å²) in [6.45, 7) is 2.32. The number of rotatable bonds is 4. The maximum absolute atomic E-state index is 10.1. The largest absolute Gasteiger partial charge is 0.391 e. The Morgan fingerprint density at radius 3 is 2.00 bits per heavy atom. The molecule has 0 amide bonds.